The second-order valence-corrected chi connectivity index (χ2v) is 7.85. The molecule has 0 saturated carbocycles. The van der Waals surface area contributed by atoms with Gasteiger partial charge in [-0.3, -0.25) is 9.52 Å². The first kappa shape index (κ1) is 18.1. The first-order valence-corrected chi connectivity index (χ1v) is 9.98. The molecule has 3 aromatic rings. The molecule has 1 aliphatic rings. The van der Waals surface area contributed by atoms with E-state index in [-0.39, 0.29) is 10.5 Å². The van der Waals surface area contributed by atoms with Crippen molar-refractivity contribution in [1.82, 2.24) is 9.78 Å². The molecule has 1 aromatic heterocycles. The maximum atomic E-state index is 12.7. The summed E-state index contributed by atoms with van der Waals surface area (Å²) >= 11 is 0. The number of fused-ring (bicyclic) bond motifs is 1. The summed E-state index contributed by atoms with van der Waals surface area (Å²) in [5.41, 5.74) is 1.58. The fourth-order valence-corrected chi connectivity index (χ4v) is 3.84. The monoisotopic (exact) mass is 399 g/mol. The second kappa shape index (κ2) is 7.01. The zero-order valence-electron chi connectivity index (χ0n) is 15.0. The first-order chi connectivity index (χ1) is 13.4. The van der Waals surface area contributed by atoms with Gasteiger partial charge in [-0.1, -0.05) is 12.1 Å². The minimum atomic E-state index is -3.78. The van der Waals surface area contributed by atoms with Crippen molar-refractivity contribution < 1.29 is 17.9 Å². The molecule has 1 aliphatic heterocycles. The quantitative estimate of drug-likeness (QED) is 0.721. The van der Waals surface area contributed by atoms with E-state index < -0.39 is 10.0 Å². The molecule has 0 atom stereocenters. The van der Waals surface area contributed by atoms with Crippen molar-refractivity contribution in [2.24, 2.45) is 7.05 Å². The smallest absolute Gasteiger partial charge is 0.266 e. The highest BCUT2D eigenvalue weighted by molar-refractivity contribution is 7.92. The van der Waals surface area contributed by atoms with Crippen molar-refractivity contribution in [3.05, 3.63) is 65.0 Å². The van der Waals surface area contributed by atoms with Gasteiger partial charge >= 0.3 is 0 Å². The molecule has 0 fully saturated rings. The topological polar surface area (TPSA) is 99.5 Å². The normalized spacial score (nSPS) is 13.2. The number of nitrogens with one attached hydrogen (secondary N) is 1. The van der Waals surface area contributed by atoms with E-state index in [0.717, 1.165) is 5.56 Å². The van der Waals surface area contributed by atoms with E-state index in [9.17, 15) is 13.2 Å². The summed E-state index contributed by atoms with van der Waals surface area (Å²) in [6.45, 7) is 0.818. The number of rotatable bonds is 4. The van der Waals surface area contributed by atoms with Gasteiger partial charge < -0.3 is 9.47 Å². The number of aryl methyl sites for hydroxylation is 1. The Morgan fingerprint density at radius 3 is 2.39 bits per heavy atom. The molecule has 0 radical (unpaired) electrons. The van der Waals surface area contributed by atoms with Crippen LogP contribution in [0.2, 0.25) is 0 Å². The summed E-state index contributed by atoms with van der Waals surface area (Å²) in [7, 11) is -2.21. The van der Waals surface area contributed by atoms with E-state index in [0.29, 0.717) is 36.1 Å². The maximum Gasteiger partial charge on any atom is 0.266 e. The summed E-state index contributed by atoms with van der Waals surface area (Å²) in [6.07, 6.45) is 0. The number of ether oxygens (including phenoxy) is 2. The van der Waals surface area contributed by atoms with Gasteiger partial charge in [-0.2, -0.15) is 5.10 Å². The first-order valence-electron chi connectivity index (χ1n) is 8.50. The molecule has 4 rings (SSSR count). The highest BCUT2D eigenvalue weighted by Gasteiger charge is 2.19. The second-order valence-electron chi connectivity index (χ2n) is 6.17. The predicted octanol–water partition coefficient (Wildman–Crippen LogP) is 2.02. The van der Waals surface area contributed by atoms with Crippen molar-refractivity contribution in [3.63, 3.8) is 0 Å². The van der Waals surface area contributed by atoms with Crippen molar-refractivity contribution in [1.29, 1.82) is 0 Å². The molecule has 2 aromatic carbocycles. The van der Waals surface area contributed by atoms with E-state index in [1.165, 1.54) is 22.9 Å². The lowest BCUT2D eigenvalue weighted by molar-refractivity contribution is 0.171. The van der Waals surface area contributed by atoms with Crippen LogP contribution in [0, 0.1) is 0 Å². The summed E-state index contributed by atoms with van der Waals surface area (Å²) in [5, 5.41) is 4.18. The average molecular weight is 399 g/mol. The molecular weight excluding hydrogens is 382 g/mol. The Bertz CT molecular complexity index is 1190. The number of aromatic nitrogens is 2. The Balaban J connectivity index is 1.56. The average Bonchev–Trinajstić information content (AvgIpc) is 2.70. The molecule has 2 heterocycles. The van der Waals surface area contributed by atoms with E-state index >= 15 is 0 Å². The van der Waals surface area contributed by atoms with Gasteiger partial charge in [-0.05, 0) is 30.3 Å². The third-order valence-corrected chi connectivity index (χ3v) is 5.60. The zero-order chi connectivity index (χ0) is 19.7. The van der Waals surface area contributed by atoms with Gasteiger partial charge in [0.05, 0.1) is 10.6 Å². The maximum absolute atomic E-state index is 12.7. The standard InChI is InChI=1S/C19H17N3O5S/c1-22-19(23)9-7-16(20-22)13-2-4-14(5-3-13)21-28(24,25)15-6-8-17-18(12-15)27-11-10-26-17/h2-9,12,21H,10-11H2,1H3. The van der Waals surface area contributed by atoms with Gasteiger partial charge in [0.1, 0.15) is 13.2 Å². The Morgan fingerprint density at radius 1 is 0.964 bits per heavy atom. The van der Waals surface area contributed by atoms with Crippen LogP contribution in [0.3, 0.4) is 0 Å². The molecule has 0 amide bonds. The Kier molecular flexibility index (Phi) is 4.52. The third kappa shape index (κ3) is 3.56. The lowest BCUT2D eigenvalue weighted by atomic mass is 10.1. The molecule has 0 saturated heterocycles. The number of hydrogen-bond acceptors (Lipinski definition) is 6. The minimum Gasteiger partial charge on any atom is -0.486 e. The van der Waals surface area contributed by atoms with Gasteiger partial charge in [-0.25, -0.2) is 13.1 Å². The predicted molar refractivity (Wildman–Crippen MR) is 103 cm³/mol. The van der Waals surface area contributed by atoms with E-state index in [1.54, 1.807) is 43.4 Å². The number of benzene rings is 2. The van der Waals surface area contributed by atoms with E-state index in [2.05, 4.69) is 9.82 Å². The van der Waals surface area contributed by atoms with E-state index in [1.807, 2.05) is 0 Å². The van der Waals surface area contributed by atoms with Crippen LogP contribution in [0.1, 0.15) is 0 Å². The highest BCUT2D eigenvalue weighted by atomic mass is 32.2. The largest absolute Gasteiger partial charge is 0.486 e. The van der Waals surface area contributed by atoms with Crippen LogP contribution in [-0.2, 0) is 17.1 Å². The molecule has 0 aliphatic carbocycles. The Morgan fingerprint density at radius 2 is 1.68 bits per heavy atom. The summed E-state index contributed by atoms with van der Waals surface area (Å²) in [4.78, 5) is 11.5. The van der Waals surface area contributed by atoms with Crippen molar-refractivity contribution in [2.75, 3.05) is 17.9 Å². The molecule has 8 nitrogen and oxygen atoms in total. The van der Waals surface area contributed by atoms with Gasteiger partial charge in [0.15, 0.2) is 11.5 Å². The molecule has 0 unspecified atom stereocenters. The fraction of sp³-hybridized carbons (Fsp3) is 0.158. The van der Waals surface area contributed by atoms with Gasteiger partial charge in [0.2, 0.25) is 0 Å². The molecule has 9 heteroatoms. The summed E-state index contributed by atoms with van der Waals surface area (Å²) < 4.78 is 40.0. The Labute approximate surface area is 161 Å². The van der Waals surface area contributed by atoms with Crippen LogP contribution < -0.4 is 19.8 Å². The van der Waals surface area contributed by atoms with Gasteiger partial charge in [0, 0.05) is 30.4 Å². The molecular formula is C19H17N3O5S. The number of sulfonamides is 1. The molecule has 1 N–H and O–H groups in total. The lowest BCUT2D eigenvalue weighted by Crippen LogP contribution is -2.18. The number of anilines is 1. The number of hydrogen-bond donors (Lipinski definition) is 1. The van der Waals surface area contributed by atoms with Crippen molar-refractivity contribution in [2.45, 2.75) is 4.90 Å². The number of nitrogens with zero attached hydrogens (tertiary/aromatic N) is 2. The highest BCUT2D eigenvalue weighted by Crippen LogP contribution is 2.32. The SMILES string of the molecule is Cn1nc(-c2ccc(NS(=O)(=O)c3ccc4c(c3)OCCO4)cc2)ccc1=O. The summed E-state index contributed by atoms with van der Waals surface area (Å²) in [5.74, 6) is 0.935. The fourth-order valence-electron chi connectivity index (χ4n) is 2.77. The third-order valence-electron chi connectivity index (χ3n) is 4.22. The van der Waals surface area contributed by atoms with Gasteiger partial charge in [0.25, 0.3) is 15.6 Å². The molecule has 144 valence electrons. The lowest BCUT2D eigenvalue weighted by Gasteiger charge is -2.19. The Hall–Kier alpha value is -3.33. The van der Waals surface area contributed by atoms with Crippen LogP contribution in [0.25, 0.3) is 11.3 Å². The van der Waals surface area contributed by atoms with Crippen LogP contribution >= 0.6 is 0 Å². The molecule has 0 spiro atoms. The van der Waals surface area contributed by atoms with Crippen LogP contribution in [-0.4, -0.2) is 31.4 Å². The summed E-state index contributed by atoms with van der Waals surface area (Å²) in [6, 6.07) is 14.3. The van der Waals surface area contributed by atoms with Gasteiger partial charge in [-0.15, -0.1) is 0 Å². The van der Waals surface area contributed by atoms with Crippen LogP contribution in [0.4, 0.5) is 5.69 Å². The van der Waals surface area contributed by atoms with Crippen LogP contribution in [0.15, 0.2) is 64.3 Å². The van der Waals surface area contributed by atoms with Crippen LogP contribution in [0.5, 0.6) is 11.5 Å². The van der Waals surface area contributed by atoms with E-state index in [4.69, 9.17) is 9.47 Å². The van der Waals surface area contributed by atoms with Crippen molar-refractivity contribution in [3.8, 4) is 22.8 Å². The minimum absolute atomic E-state index is 0.0838. The molecule has 28 heavy (non-hydrogen) atoms. The van der Waals surface area contributed by atoms with Crippen molar-refractivity contribution >= 4 is 15.7 Å². The zero-order valence-corrected chi connectivity index (χ0v) is 15.8. The molecule has 0 bridgehead atoms.